The zero-order valence-corrected chi connectivity index (χ0v) is 9.08. The highest BCUT2D eigenvalue weighted by Gasteiger charge is 2.10. The maximum absolute atomic E-state index is 11.2. The van der Waals surface area contributed by atoms with Crippen molar-refractivity contribution in [3.8, 4) is 0 Å². The molecule has 0 fully saturated rings. The van der Waals surface area contributed by atoms with Gasteiger partial charge in [-0.1, -0.05) is 20.3 Å². The number of Topliss-reactive ketones (excluding diaryl/α,β-unsaturated/α-hetero) is 1. The van der Waals surface area contributed by atoms with E-state index in [0.717, 1.165) is 19.4 Å². The third-order valence-electron chi connectivity index (χ3n) is 2.00. The summed E-state index contributed by atoms with van der Waals surface area (Å²) < 4.78 is 0. The van der Waals surface area contributed by atoms with Crippen LogP contribution in [0.15, 0.2) is 0 Å². The van der Waals surface area contributed by atoms with Crippen LogP contribution in [0.5, 0.6) is 0 Å². The first kappa shape index (κ1) is 13.1. The molecule has 2 N–H and O–H groups in total. The van der Waals surface area contributed by atoms with Crippen molar-refractivity contribution in [1.82, 2.24) is 4.90 Å². The average Bonchev–Trinajstić information content (AvgIpc) is 2.13. The van der Waals surface area contributed by atoms with Gasteiger partial charge < -0.3 is 5.73 Å². The van der Waals surface area contributed by atoms with Crippen LogP contribution in [-0.4, -0.2) is 36.2 Å². The summed E-state index contributed by atoms with van der Waals surface area (Å²) >= 11 is 0. The largest absolute Gasteiger partial charge is 0.369 e. The number of rotatable bonds is 8. The smallest absolute Gasteiger partial charge is 0.231 e. The van der Waals surface area contributed by atoms with Crippen LogP contribution in [0.1, 0.15) is 33.1 Å². The van der Waals surface area contributed by atoms with Gasteiger partial charge in [0.2, 0.25) is 5.91 Å². The first-order valence-corrected chi connectivity index (χ1v) is 5.12. The Kier molecular flexibility index (Phi) is 7.02. The third-order valence-corrected chi connectivity index (χ3v) is 2.00. The van der Waals surface area contributed by atoms with Gasteiger partial charge in [0.1, 0.15) is 5.78 Å². The number of amides is 1. The van der Waals surface area contributed by atoms with Crippen molar-refractivity contribution < 1.29 is 9.59 Å². The minimum atomic E-state index is -0.370. The van der Waals surface area contributed by atoms with Crippen LogP contribution in [0.2, 0.25) is 0 Å². The number of hydrogen-bond acceptors (Lipinski definition) is 3. The summed E-state index contributed by atoms with van der Waals surface area (Å²) in [5, 5.41) is 0. The van der Waals surface area contributed by atoms with E-state index in [1.165, 1.54) is 0 Å². The molecule has 0 aromatic carbocycles. The lowest BCUT2D eigenvalue weighted by atomic mass is 10.2. The molecule has 0 aromatic rings. The van der Waals surface area contributed by atoms with E-state index in [2.05, 4.69) is 6.92 Å². The predicted molar refractivity (Wildman–Crippen MR) is 55.8 cm³/mol. The molecule has 0 aliphatic rings. The molecule has 0 saturated carbocycles. The standard InChI is InChI=1S/C10H20N2O2/c1-3-5-6-12(8-10(11)14)7-9(13)4-2/h3-8H2,1-2H3,(H2,11,14). The second kappa shape index (κ2) is 7.50. The topological polar surface area (TPSA) is 63.4 Å². The van der Waals surface area contributed by atoms with E-state index in [4.69, 9.17) is 5.73 Å². The Bertz CT molecular complexity index is 193. The lowest BCUT2D eigenvalue weighted by molar-refractivity contribution is -0.122. The predicted octanol–water partition coefficient (Wildman–Crippen LogP) is 0.553. The summed E-state index contributed by atoms with van der Waals surface area (Å²) in [5.74, 6) is -0.215. The van der Waals surface area contributed by atoms with Crippen LogP contribution in [0.4, 0.5) is 0 Å². The molecule has 0 aromatic heterocycles. The molecule has 14 heavy (non-hydrogen) atoms. The molecule has 4 heteroatoms. The number of carbonyl (C=O) groups excluding carboxylic acids is 2. The molecule has 0 spiro atoms. The molecular formula is C10H20N2O2. The Balaban J connectivity index is 3.96. The van der Waals surface area contributed by atoms with E-state index in [-0.39, 0.29) is 18.2 Å². The van der Waals surface area contributed by atoms with Gasteiger partial charge in [0, 0.05) is 6.42 Å². The van der Waals surface area contributed by atoms with Crippen LogP contribution >= 0.6 is 0 Å². The van der Waals surface area contributed by atoms with E-state index in [0.29, 0.717) is 13.0 Å². The highest BCUT2D eigenvalue weighted by molar-refractivity contribution is 5.81. The van der Waals surface area contributed by atoms with E-state index in [1.54, 1.807) is 0 Å². The van der Waals surface area contributed by atoms with Crippen LogP contribution in [0.25, 0.3) is 0 Å². The second-order valence-electron chi connectivity index (χ2n) is 3.42. The third kappa shape index (κ3) is 6.60. The maximum Gasteiger partial charge on any atom is 0.231 e. The van der Waals surface area contributed by atoms with Gasteiger partial charge in [0.25, 0.3) is 0 Å². The molecule has 82 valence electrons. The van der Waals surface area contributed by atoms with Crippen molar-refractivity contribution in [1.29, 1.82) is 0 Å². The minimum absolute atomic E-state index is 0.155. The van der Waals surface area contributed by atoms with Gasteiger partial charge in [-0.2, -0.15) is 0 Å². The summed E-state index contributed by atoms with van der Waals surface area (Å²) in [5.41, 5.74) is 5.09. The summed E-state index contributed by atoms with van der Waals surface area (Å²) in [7, 11) is 0. The van der Waals surface area contributed by atoms with Gasteiger partial charge in [-0.3, -0.25) is 14.5 Å². The van der Waals surface area contributed by atoms with Crippen molar-refractivity contribution in [2.75, 3.05) is 19.6 Å². The molecule has 0 bridgehead atoms. The fourth-order valence-electron chi connectivity index (χ4n) is 1.18. The van der Waals surface area contributed by atoms with Crippen molar-refractivity contribution >= 4 is 11.7 Å². The normalized spacial score (nSPS) is 10.5. The van der Waals surface area contributed by atoms with Crippen LogP contribution in [0.3, 0.4) is 0 Å². The summed E-state index contributed by atoms with van der Waals surface area (Å²) in [6.07, 6.45) is 2.56. The lowest BCUT2D eigenvalue weighted by Gasteiger charge is -2.18. The summed E-state index contributed by atoms with van der Waals surface area (Å²) in [6, 6.07) is 0. The highest BCUT2D eigenvalue weighted by atomic mass is 16.1. The molecule has 0 radical (unpaired) electrons. The van der Waals surface area contributed by atoms with E-state index in [1.807, 2.05) is 11.8 Å². The number of nitrogens with two attached hydrogens (primary N) is 1. The van der Waals surface area contributed by atoms with Crippen LogP contribution in [-0.2, 0) is 9.59 Å². The lowest BCUT2D eigenvalue weighted by Crippen LogP contribution is -2.37. The Morgan fingerprint density at radius 2 is 1.86 bits per heavy atom. The molecule has 0 atom stereocenters. The van der Waals surface area contributed by atoms with Gasteiger partial charge in [-0.05, 0) is 13.0 Å². The molecule has 0 aliphatic heterocycles. The van der Waals surface area contributed by atoms with Gasteiger partial charge >= 0.3 is 0 Å². The second-order valence-corrected chi connectivity index (χ2v) is 3.42. The number of hydrogen-bond donors (Lipinski definition) is 1. The molecule has 0 heterocycles. The van der Waals surface area contributed by atoms with E-state index < -0.39 is 0 Å². The van der Waals surface area contributed by atoms with Gasteiger partial charge in [-0.15, -0.1) is 0 Å². The van der Waals surface area contributed by atoms with E-state index in [9.17, 15) is 9.59 Å². The number of ketones is 1. The maximum atomic E-state index is 11.2. The fourth-order valence-corrected chi connectivity index (χ4v) is 1.18. The molecule has 0 unspecified atom stereocenters. The average molecular weight is 200 g/mol. The van der Waals surface area contributed by atoms with Gasteiger partial charge in [-0.25, -0.2) is 0 Å². The quantitative estimate of drug-likeness (QED) is 0.622. The molecule has 0 rings (SSSR count). The molecule has 4 nitrogen and oxygen atoms in total. The fraction of sp³-hybridized carbons (Fsp3) is 0.800. The van der Waals surface area contributed by atoms with Crippen LogP contribution < -0.4 is 5.73 Å². The minimum Gasteiger partial charge on any atom is -0.369 e. The number of primary amides is 1. The summed E-state index contributed by atoms with van der Waals surface area (Å²) in [4.78, 5) is 23.7. The Hall–Kier alpha value is -0.900. The molecular weight excluding hydrogens is 180 g/mol. The molecule has 1 amide bonds. The number of carbonyl (C=O) groups is 2. The van der Waals surface area contributed by atoms with Gasteiger partial charge in [0.15, 0.2) is 0 Å². The molecule has 0 saturated heterocycles. The van der Waals surface area contributed by atoms with Crippen molar-refractivity contribution in [2.24, 2.45) is 5.73 Å². The SMILES string of the molecule is CCCCN(CC(N)=O)CC(=O)CC. The first-order chi connectivity index (χ1) is 6.60. The van der Waals surface area contributed by atoms with Crippen molar-refractivity contribution in [2.45, 2.75) is 33.1 Å². The van der Waals surface area contributed by atoms with E-state index >= 15 is 0 Å². The zero-order valence-electron chi connectivity index (χ0n) is 9.08. The van der Waals surface area contributed by atoms with Crippen LogP contribution in [0, 0.1) is 0 Å². The summed E-state index contributed by atoms with van der Waals surface area (Å²) in [6.45, 7) is 5.20. The first-order valence-electron chi connectivity index (χ1n) is 5.12. The zero-order chi connectivity index (χ0) is 11.0. The Labute approximate surface area is 85.4 Å². The van der Waals surface area contributed by atoms with Crippen molar-refractivity contribution in [3.05, 3.63) is 0 Å². The highest BCUT2D eigenvalue weighted by Crippen LogP contribution is 1.96. The van der Waals surface area contributed by atoms with Gasteiger partial charge in [0.05, 0.1) is 13.1 Å². The number of unbranched alkanes of at least 4 members (excludes halogenated alkanes) is 1. The van der Waals surface area contributed by atoms with Crippen molar-refractivity contribution in [3.63, 3.8) is 0 Å². The Morgan fingerprint density at radius 1 is 1.21 bits per heavy atom. The Morgan fingerprint density at radius 3 is 2.29 bits per heavy atom. The molecule has 0 aliphatic carbocycles. The number of nitrogens with zero attached hydrogens (tertiary/aromatic N) is 1. The monoisotopic (exact) mass is 200 g/mol.